The third-order valence-corrected chi connectivity index (χ3v) is 5.61. The molecule has 3 rings (SSSR count). The first-order chi connectivity index (χ1) is 13.2. The summed E-state index contributed by atoms with van der Waals surface area (Å²) in [7, 11) is -2.35. The molecule has 28 heavy (non-hydrogen) atoms. The molecule has 0 bridgehead atoms. The average Bonchev–Trinajstić information content (AvgIpc) is 2.64. The number of fused-ring (bicyclic) bond motifs is 1. The highest BCUT2D eigenvalue weighted by Gasteiger charge is 2.30. The van der Waals surface area contributed by atoms with Crippen LogP contribution >= 0.6 is 11.6 Å². The molecule has 2 aromatic carbocycles. The van der Waals surface area contributed by atoms with Crippen molar-refractivity contribution in [3.05, 3.63) is 47.5 Å². The lowest BCUT2D eigenvalue weighted by Crippen LogP contribution is -2.47. The number of ether oxygens (including phenoxy) is 1. The molecule has 1 aliphatic rings. The van der Waals surface area contributed by atoms with Crippen LogP contribution in [0.3, 0.4) is 0 Å². The van der Waals surface area contributed by atoms with Crippen molar-refractivity contribution in [2.75, 3.05) is 41.0 Å². The van der Waals surface area contributed by atoms with Gasteiger partial charge >= 0.3 is 0 Å². The molecular formula is C18H18ClN3O5S. The first-order valence-electron chi connectivity index (χ1n) is 8.21. The standard InChI is InChI=1S/C18H18ClN3O5S/c1-27-16-8-7-12(9-13(16)19)22(28(2,25)26)11-18(24)21-10-17(23)20-14-5-3-4-6-15(14)21/h3-9H,10-11H2,1-2H3,(H,20,23). The molecule has 1 heterocycles. The number of hydrogen-bond donors (Lipinski definition) is 1. The SMILES string of the molecule is COc1ccc(N(CC(=O)N2CC(=O)Nc3ccccc32)S(C)(=O)=O)cc1Cl. The van der Waals surface area contributed by atoms with Gasteiger partial charge < -0.3 is 10.1 Å². The van der Waals surface area contributed by atoms with E-state index in [4.69, 9.17) is 16.3 Å². The van der Waals surface area contributed by atoms with Gasteiger partial charge in [-0.1, -0.05) is 23.7 Å². The number of para-hydroxylation sites is 2. The van der Waals surface area contributed by atoms with Gasteiger partial charge in [0.25, 0.3) is 0 Å². The molecule has 2 aromatic rings. The van der Waals surface area contributed by atoms with Crippen molar-refractivity contribution in [3.8, 4) is 5.75 Å². The maximum atomic E-state index is 12.9. The van der Waals surface area contributed by atoms with Gasteiger partial charge in [0, 0.05) is 0 Å². The van der Waals surface area contributed by atoms with Crippen LogP contribution < -0.4 is 19.3 Å². The number of rotatable bonds is 5. The van der Waals surface area contributed by atoms with Crippen molar-refractivity contribution in [2.24, 2.45) is 0 Å². The number of methoxy groups -OCH3 is 1. The highest BCUT2D eigenvalue weighted by molar-refractivity contribution is 7.92. The van der Waals surface area contributed by atoms with Crippen molar-refractivity contribution in [1.29, 1.82) is 0 Å². The second-order valence-corrected chi connectivity index (χ2v) is 8.45. The fraction of sp³-hybridized carbons (Fsp3) is 0.222. The van der Waals surface area contributed by atoms with Gasteiger partial charge in [0.15, 0.2) is 0 Å². The monoisotopic (exact) mass is 423 g/mol. The molecular weight excluding hydrogens is 406 g/mol. The summed E-state index contributed by atoms with van der Waals surface area (Å²) in [5.74, 6) is -0.517. The first kappa shape index (κ1) is 20.0. The number of benzene rings is 2. The summed E-state index contributed by atoms with van der Waals surface area (Å²) < 4.78 is 30.7. The predicted octanol–water partition coefficient (Wildman–Crippen LogP) is 2.10. The fourth-order valence-corrected chi connectivity index (χ4v) is 3.97. The van der Waals surface area contributed by atoms with Gasteiger partial charge in [-0.05, 0) is 30.3 Å². The topological polar surface area (TPSA) is 96.0 Å². The second kappa shape index (κ2) is 7.69. The summed E-state index contributed by atoms with van der Waals surface area (Å²) in [6, 6.07) is 11.2. The van der Waals surface area contributed by atoms with Crippen LogP contribution in [0.5, 0.6) is 5.75 Å². The molecule has 0 unspecified atom stereocenters. The van der Waals surface area contributed by atoms with E-state index in [1.807, 2.05) is 0 Å². The number of nitrogens with one attached hydrogen (secondary N) is 1. The molecule has 0 atom stereocenters. The van der Waals surface area contributed by atoms with Crippen LogP contribution in [-0.4, -0.2) is 46.7 Å². The Bertz CT molecular complexity index is 1040. The van der Waals surface area contributed by atoms with E-state index in [0.717, 1.165) is 10.6 Å². The Labute approximate surface area is 167 Å². The normalized spacial score (nSPS) is 13.5. The van der Waals surface area contributed by atoms with Crippen LogP contribution in [0.2, 0.25) is 5.02 Å². The molecule has 0 spiro atoms. The highest BCUT2D eigenvalue weighted by atomic mass is 35.5. The Morgan fingerprint density at radius 3 is 2.64 bits per heavy atom. The van der Waals surface area contributed by atoms with E-state index >= 15 is 0 Å². The van der Waals surface area contributed by atoms with Crippen LogP contribution in [0.25, 0.3) is 0 Å². The van der Waals surface area contributed by atoms with Gasteiger partial charge in [0.2, 0.25) is 21.8 Å². The van der Waals surface area contributed by atoms with Gasteiger partial charge in [-0.3, -0.25) is 18.8 Å². The fourth-order valence-electron chi connectivity index (χ4n) is 2.87. The number of amides is 2. The van der Waals surface area contributed by atoms with Gasteiger partial charge in [0.05, 0.1) is 35.5 Å². The van der Waals surface area contributed by atoms with Crippen molar-refractivity contribution in [3.63, 3.8) is 0 Å². The van der Waals surface area contributed by atoms with Gasteiger partial charge in [-0.15, -0.1) is 0 Å². The van der Waals surface area contributed by atoms with Gasteiger partial charge in [-0.2, -0.15) is 0 Å². The molecule has 0 fully saturated rings. The summed E-state index contributed by atoms with van der Waals surface area (Å²) in [4.78, 5) is 26.1. The Morgan fingerprint density at radius 2 is 2.00 bits per heavy atom. The molecule has 0 aliphatic carbocycles. The lowest BCUT2D eigenvalue weighted by atomic mass is 10.2. The van der Waals surface area contributed by atoms with E-state index in [1.54, 1.807) is 24.3 Å². The molecule has 0 radical (unpaired) electrons. The Hall–Kier alpha value is -2.78. The molecule has 0 saturated carbocycles. The van der Waals surface area contributed by atoms with E-state index in [0.29, 0.717) is 17.1 Å². The maximum absolute atomic E-state index is 12.9. The number of sulfonamides is 1. The van der Waals surface area contributed by atoms with Crippen LogP contribution in [-0.2, 0) is 19.6 Å². The van der Waals surface area contributed by atoms with E-state index < -0.39 is 22.5 Å². The number of nitrogens with zero attached hydrogens (tertiary/aromatic N) is 2. The zero-order valence-electron chi connectivity index (χ0n) is 15.2. The third-order valence-electron chi connectivity index (χ3n) is 4.17. The molecule has 148 valence electrons. The number of carbonyl (C=O) groups excluding carboxylic acids is 2. The van der Waals surface area contributed by atoms with Crippen LogP contribution in [0.15, 0.2) is 42.5 Å². The van der Waals surface area contributed by atoms with Crippen molar-refractivity contribution in [2.45, 2.75) is 0 Å². The number of hydrogen-bond acceptors (Lipinski definition) is 5. The minimum Gasteiger partial charge on any atom is -0.495 e. The molecule has 0 saturated heterocycles. The summed E-state index contributed by atoms with van der Waals surface area (Å²) in [5.41, 5.74) is 1.22. The molecule has 1 N–H and O–H groups in total. The minimum atomic E-state index is -3.79. The summed E-state index contributed by atoms with van der Waals surface area (Å²) in [6.07, 6.45) is 0.995. The first-order valence-corrected chi connectivity index (χ1v) is 10.4. The maximum Gasteiger partial charge on any atom is 0.248 e. The van der Waals surface area contributed by atoms with E-state index in [2.05, 4.69) is 5.32 Å². The Kier molecular flexibility index (Phi) is 5.48. The molecule has 8 nitrogen and oxygen atoms in total. The zero-order valence-corrected chi connectivity index (χ0v) is 16.7. The summed E-state index contributed by atoms with van der Waals surface area (Å²) >= 11 is 6.10. The summed E-state index contributed by atoms with van der Waals surface area (Å²) in [6.45, 7) is -0.681. The van der Waals surface area contributed by atoms with Crippen LogP contribution in [0.4, 0.5) is 17.1 Å². The van der Waals surface area contributed by atoms with Gasteiger partial charge in [0.1, 0.15) is 18.8 Å². The minimum absolute atomic E-state index is 0.198. The molecule has 10 heteroatoms. The largest absolute Gasteiger partial charge is 0.495 e. The number of carbonyl (C=O) groups is 2. The van der Waals surface area contributed by atoms with Crippen LogP contribution in [0.1, 0.15) is 0 Å². The smallest absolute Gasteiger partial charge is 0.248 e. The highest BCUT2D eigenvalue weighted by Crippen LogP contribution is 2.32. The predicted molar refractivity (Wildman–Crippen MR) is 108 cm³/mol. The zero-order chi connectivity index (χ0) is 20.5. The number of anilines is 3. The van der Waals surface area contributed by atoms with Crippen molar-refractivity contribution >= 4 is 50.5 Å². The van der Waals surface area contributed by atoms with E-state index in [-0.39, 0.29) is 23.2 Å². The molecule has 0 aromatic heterocycles. The van der Waals surface area contributed by atoms with Gasteiger partial charge in [-0.25, -0.2) is 8.42 Å². The average molecular weight is 424 g/mol. The van der Waals surface area contributed by atoms with Crippen LogP contribution in [0, 0.1) is 0 Å². The molecule has 1 aliphatic heterocycles. The quantitative estimate of drug-likeness (QED) is 0.794. The lowest BCUT2D eigenvalue weighted by molar-refractivity contribution is -0.121. The Morgan fingerprint density at radius 1 is 1.29 bits per heavy atom. The lowest BCUT2D eigenvalue weighted by Gasteiger charge is -2.31. The van der Waals surface area contributed by atoms with E-state index in [9.17, 15) is 18.0 Å². The second-order valence-electron chi connectivity index (χ2n) is 6.13. The van der Waals surface area contributed by atoms with Crippen molar-refractivity contribution < 1.29 is 22.7 Å². The third kappa shape index (κ3) is 4.05. The van der Waals surface area contributed by atoms with E-state index in [1.165, 1.54) is 30.2 Å². The molecule has 2 amide bonds. The summed E-state index contributed by atoms with van der Waals surface area (Å²) in [5, 5.41) is 2.90. The number of halogens is 1. The van der Waals surface area contributed by atoms with Crippen molar-refractivity contribution in [1.82, 2.24) is 0 Å². The Balaban J connectivity index is 1.93.